The quantitative estimate of drug-likeness (QED) is 0.347. The van der Waals surface area contributed by atoms with Crippen molar-refractivity contribution in [3.63, 3.8) is 0 Å². The van der Waals surface area contributed by atoms with E-state index in [9.17, 15) is 0 Å². The van der Waals surface area contributed by atoms with E-state index in [1.165, 1.54) is 12.8 Å². The Hall–Kier alpha value is -3.33. The Labute approximate surface area is 217 Å². The molecule has 0 amide bonds. The molecule has 9 heteroatoms. The summed E-state index contributed by atoms with van der Waals surface area (Å²) in [7, 11) is 0. The fraction of sp³-hybridized carbons (Fsp3) is 0.536. The summed E-state index contributed by atoms with van der Waals surface area (Å²) in [6.07, 6.45) is 9.61. The number of anilines is 1. The van der Waals surface area contributed by atoms with E-state index < -0.39 is 0 Å². The van der Waals surface area contributed by atoms with Gasteiger partial charge < -0.3 is 14.6 Å². The van der Waals surface area contributed by atoms with E-state index in [2.05, 4.69) is 28.4 Å². The van der Waals surface area contributed by atoms with Crippen molar-refractivity contribution in [2.75, 3.05) is 11.9 Å². The molecule has 37 heavy (non-hydrogen) atoms. The second kappa shape index (κ2) is 9.85. The highest BCUT2D eigenvalue weighted by Crippen LogP contribution is 2.35. The normalized spacial score (nSPS) is 22.4. The highest BCUT2D eigenvalue weighted by atomic mass is 16.5. The number of aryl methyl sites for hydroxylation is 3. The summed E-state index contributed by atoms with van der Waals surface area (Å²) < 4.78 is 13.5. The van der Waals surface area contributed by atoms with Gasteiger partial charge in [-0.15, -0.1) is 0 Å². The molecule has 194 valence electrons. The van der Waals surface area contributed by atoms with Crippen molar-refractivity contribution in [2.24, 2.45) is 5.92 Å². The SMILES string of the molecule is Cc1cnc(NC2CCC(C)CC2)nc1-c1nn(C2CCCCO2)c2nc(-c3c(C)noc3C)ccc12. The molecule has 1 saturated carbocycles. The number of fused-ring (bicyclic) bond motifs is 1. The van der Waals surface area contributed by atoms with E-state index in [0.29, 0.717) is 12.0 Å². The predicted molar refractivity (Wildman–Crippen MR) is 142 cm³/mol. The van der Waals surface area contributed by atoms with Gasteiger partial charge in [-0.3, -0.25) is 0 Å². The van der Waals surface area contributed by atoms with Gasteiger partial charge in [0.25, 0.3) is 0 Å². The van der Waals surface area contributed by atoms with Gasteiger partial charge in [-0.2, -0.15) is 5.10 Å². The Morgan fingerprint density at radius 2 is 1.81 bits per heavy atom. The van der Waals surface area contributed by atoms with Gasteiger partial charge in [0.05, 0.1) is 22.6 Å². The van der Waals surface area contributed by atoms with Gasteiger partial charge in [0.2, 0.25) is 5.95 Å². The number of rotatable bonds is 5. The Kier molecular flexibility index (Phi) is 6.40. The highest BCUT2D eigenvalue weighted by molar-refractivity contribution is 5.92. The minimum atomic E-state index is -0.151. The van der Waals surface area contributed by atoms with Crippen LogP contribution in [0.15, 0.2) is 22.9 Å². The average Bonchev–Trinajstić information content (AvgIpc) is 3.46. The minimum absolute atomic E-state index is 0.151. The van der Waals surface area contributed by atoms with E-state index in [0.717, 1.165) is 95.3 Å². The molecule has 2 aliphatic rings. The number of aromatic nitrogens is 6. The standard InChI is InChI=1S/C28H35N7O2/c1-16-8-10-20(11-9-16)30-28-29-15-17(2)25(32-28)26-21-12-13-22(24-18(3)34-37-19(24)4)31-27(21)35(33-26)23-7-5-6-14-36-23/h12-13,15-16,20,23H,5-11,14H2,1-4H3,(H,29,30,32). The summed E-state index contributed by atoms with van der Waals surface area (Å²) in [5.74, 6) is 2.22. The second-order valence-corrected chi connectivity index (χ2v) is 10.7. The molecule has 6 rings (SSSR count). The van der Waals surface area contributed by atoms with Gasteiger partial charge >= 0.3 is 0 Å². The van der Waals surface area contributed by atoms with Crippen LogP contribution in [-0.4, -0.2) is 42.5 Å². The number of nitrogens with zero attached hydrogens (tertiary/aromatic N) is 6. The maximum absolute atomic E-state index is 6.15. The molecule has 1 N–H and O–H groups in total. The number of hydrogen-bond acceptors (Lipinski definition) is 8. The zero-order chi connectivity index (χ0) is 25.5. The van der Waals surface area contributed by atoms with Crippen LogP contribution >= 0.6 is 0 Å². The van der Waals surface area contributed by atoms with Crippen LogP contribution in [0.5, 0.6) is 0 Å². The number of nitrogens with one attached hydrogen (secondary N) is 1. The van der Waals surface area contributed by atoms with Crippen LogP contribution < -0.4 is 5.32 Å². The molecule has 1 atom stereocenters. The molecule has 0 bridgehead atoms. The number of hydrogen-bond donors (Lipinski definition) is 1. The lowest BCUT2D eigenvalue weighted by molar-refractivity contribution is -0.0368. The third-order valence-electron chi connectivity index (χ3n) is 7.82. The third-order valence-corrected chi connectivity index (χ3v) is 7.82. The molecule has 1 aliphatic carbocycles. The molecule has 1 saturated heterocycles. The maximum Gasteiger partial charge on any atom is 0.223 e. The lowest BCUT2D eigenvalue weighted by atomic mass is 9.87. The number of pyridine rings is 1. The first-order valence-corrected chi connectivity index (χ1v) is 13.5. The van der Waals surface area contributed by atoms with Gasteiger partial charge in [0, 0.05) is 24.2 Å². The van der Waals surface area contributed by atoms with Gasteiger partial charge in [0.1, 0.15) is 11.5 Å². The fourth-order valence-corrected chi connectivity index (χ4v) is 5.64. The number of ether oxygens (including phenoxy) is 1. The van der Waals surface area contributed by atoms with Crippen LogP contribution in [0.1, 0.15) is 75.1 Å². The van der Waals surface area contributed by atoms with Crippen molar-refractivity contribution in [1.82, 2.24) is 29.9 Å². The van der Waals surface area contributed by atoms with E-state index in [-0.39, 0.29) is 6.23 Å². The summed E-state index contributed by atoms with van der Waals surface area (Å²) in [5.41, 5.74) is 5.97. The Morgan fingerprint density at radius 1 is 0.973 bits per heavy atom. The molecule has 1 unspecified atom stereocenters. The summed E-state index contributed by atoms with van der Waals surface area (Å²) in [6, 6.07) is 4.52. The van der Waals surface area contributed by atoms with Crippen LogP contribution in [0.3, 0.4) is 0 Å². The van der Waals surface area contributed by atoms with Crippen LogP contribution in [0.4, 0.5) is 5.95 Å². The largest absolute Gasteiger partial charge is 0.361 e. The van der Waals surface area contributed by atoms with E-state index in [1.807, 2.05) is 37.7 Å². The first-order valence-electron chi connectivity index (χ1n) is 13.5. The first-order chi connectivity index (χ1) is 18.0. The smallest absolute Gasteiger partial charge is 0.223 e. The van der Waals surface area contributed by atoms with Crippen LogP contribution in [0.2, 0.25) is 0 Å². The lowest BCUT2D eigenvalue weighted by Crippen LogP contribution is -2.26. The lowest BCUT2D eigenvalue weighted by Gasteiger charge is -2.27. The maximum atomic E-state index is 6.15. The average molecular weight is 502 g/mol. The molecular formula is C28H35N7O2. The molecule has 0 radical (unpaired) electrons. The molecule has 0 spiro atoms. The molecule has 1 aliphatic heterocycles. The monoisotopic (exact) mass is 501 g/mol. The van der Waals surface area contributed by atoms with Gasteiger partial charge in [0.15, 0.2) is 11.9 Å². The predicted octanol–water partition coefficient (Wildman–Crippen LogP) is 6.16. The van der Waals surface area contributed by atoms with Crippen molar-refractivity contribution in [1.29, 1.82) is 0 Å². The summed E-state index contributed by atoms with van der Waals surface area (Å²) in [4.78, 5) is 14.7. The topological polar surface area (TPSA) is 104 Å². The first kappa shape index (κ1) is 24.0. The van der Waals surface area contributed by atoms with E-state index in [4.69, 9.17) is 24.3 Å². The summed E-state index contributed by atoms with van der Waals surface area (Å²) in [5, 5.41) is 13.7. The van der Waals surface area contributed by atoms with Crippen molar-refractivity contribution in [3.8, 4) is 22.6 Å². The zero-order valence-electron chi connectivity index (χ0n) is 22.1. The molecule has 9 nitrogen and oxygen atoms in total. The van der Waals surface area contributed by atoms with Gasteiger partial charge in [-0.1, -0.05) is 12.1 Å². The van der Waals surface area contributed by atoms with Crippen molar-refractivity contribution in [3.05, 3.63) is 35.3 Å². The van der Waals surface area contributed by atoms with E-state index in [1.54, 1.807) is 0 Å². The van der Waals surface area contributed by atoms with Crippen molar-refractivity contribution < 1.29 is 9.26 Å². The van der Waals surface area contributed by atoms with E-state index >= 15 is 0 Å². The summed E-state index contributed by atoms with van der Waals surface area (Å²) >= 11 is 0. The Balaban J connectivity index is 1.44. The molecule has 4 aromatic heterocycles. The molecule has 2 fully saturated rings. The van der Waals surface area contributed by atoms with Crippen molar-refractivity contribution in [2.45, 2.75) is 84.9 Å². The highest BCUT2D eigenvalue weighted by Gasteiger charge is 2.26. The van der Waals surface area contributed by atoms with Gasteiger partial charge in [-0.05, 0) is 89.3 Å². The fourth-order valence-electron chi connectivity index (χ4n) is 5.64. The van der Waals surface area contributed by atoms with Crippen LogP contribution in [-0.2, 0) is 4.74 Å². The molecule has 5 heterocycles. The zero-order valence-corrected chi connectivity index (χ0v) is 22.1. The molecule has 0 aromatic carbocycles. The van der Waals surface area contributed by atoms with Crippen LogP contribution in [0.25, 0.3) is 33.7 Å². The van der Waals surface area contributed by atoms with Crippen LogP contribution in [0, 0.1) is 26.7 Å². The molecular weight excluding hydrogens is 466 g/mol. The Morgan fingerprint density at radius 3 is 2.54 bits per heavy atom. The van der Waals surface area contributed by atoms with Crippen molar-refractivity contribution >= 4 is 17.0 Å². The second-order valence-electron chi connectivity index (χ2n) is 10.7. The minimum Gasteiger partial charge on any atom is -0.361 e. The molecule has 4 aromatic rings. The third kappa shape index (κ3) is 4.61. The van der Waals surface area contributed by atoms with Gasteiger partial charge in [-0.25, -0.2) is 19.6 Å². The Bertz CT molecular complexity index is 1390. The summed E-state index contributed by atoms with van der Waals surface area (Å²) in [6.45, 7) is 8.95.